The van der Waals surface area contributed by atoms with Gasteiger partial charge in [0, 0.05) is 17.6 Å². The Hall–Kier alpha value is -2.41. The van der Waals surface area contributed by atoms with Gasteiger partial charge in [-0.25, -0.2) is 15.0 Å². The van der Waals surface area contributed by atoms with E-state index in [0.717, 1.165) is 27.3 Å². The second kappa shape index (κ2) is 6.78. The van der Waals surface area contributed by atoms with Gasteiger partial charge in [0.05, 0.1) is 25.1 Å². The zero-order valence-electron chi connectivity index (χ0n) is 13.2. The molecule has 0 saturated carbocycles. The molecule has 23 heavy (non-hydrogen) atoms. The normalized spacial score (nSPS) is 12.1. The first-order chi connectivity index (χ1) is 11.2. The average Bonchev–Trinajstić information content (AvgIpc) is 2.99. The summed E-state index contributed by atoms with van der Waals surface area (Å²) < 4.78 is 10.8. The molecule has 3 heterocycles. The van der Waals surface area contributed by atoms with Gasteiger partial charge in [-0.2, -0.15) is 0 Å². The quantitative estimate of drug-likeness (QED) is 0.744. The van der Waals surface area contributed by atoms with Crippen molar-refractivity contribution >= 4 is 27.4 Å². The van der Waals surface area contributed by atoms with Gasteiger partial charge < -0.3 is 14.8 Å². The summed E-state index contributed by atoms with van der Waals surface area (Å²) >= 11 is 1.55. The number of nitrogens with one attached hydrogen (secondary N) is 1. The Labute approximate surface area is 138 Å². The minimum Gasteiger partial charge on any atom is -0.492 e. The molecule has 3 rings (SSSR count). The number of hydrogen-bond donors (Lipinski definition) is 1. The van der Waals surface area contributed by atoms with Crippen molar-refractivity contribution in [2.24, 2.45) is 0 Å². The first-order valence-corrected chi connectivity index (χ1v) is 8.22. The van der Waals surface area contributed by atoms with E-state index >= 15 is 0 Å². The third kappa shape index (κ3) is 3.19. The lowest BCUT2D eigenvalue weighted by molar-refractivity contribution is 0.345. The third-order valence-corrected chi connectivity index (χ3v) is 4.32. The number of hydrogen-bond acceptors (Lipinski definition) is 7. The second-order valence-electron chi connectivity index (χ2n) is 4.94. The van der Waals surface area contributed by atoms with E-state index in [2.05, 4.69) is 27.2 Å². The molecule has 0 aliphatic heterocycles. The smallest absolute Gasteiger partial charge is 0.212 e. The van der Waals surface area contributed by atoms with Crippen LogP contribution < -0.4 is 14.8 Å². The van der Waals surface area contributed by atoms with Crippen LogP contribution >= 0.6 is 11.3 Å². The number of pyridine rings is 1. The van der Waals surface area contributed by atoms with E-state index in [9.17, 15) is 0 Å². The number of thiophene rings is 1. The van der Waals surface area contributed by atoms with E-state index in [-0.39, 0.29) is 6.04 Å². The van der Waals surface area contributed by atoms with E-state index in [1.54, 1.807) is 31.0 Å². The molecular weight excluding hydrogens is 312 g/mol. The van der Waals surface area contributed by atoms with E-state index < -0.39 is 0 Å². The number of methoxy groups -OCH3 is 1. The number of rotatable bonds is 6. The Morgan fingerprint density at radius 1 is 1.26 bits per heavy atom. The Bertz CT molecular complexity index is 788. The maximum absolute atomic E-state index is 5.68. The molecule has 3 aromatic heterocycles. The van der Waals surface area contributed by atoms with E-state index in [1.807, 2.05) is 24.4 Å². The lowest BCUT2D eigenvalue weighted by Crippen LogP contribution is -2.09. The summed E-state index contributed by atoms with van der Waals surface area (Å²) in [7, 11) is 1.60. The van der Waals surface area contributed by atoms with Crippen LogP contribution in [0.1, 0.15) is 25.5 Å². The van der Waals surface area contributed by atoms with Crippen LogP contribution in [0.15, 0.2) is 30.0 Å². The average molecular weight is 330 g/mol. The van der Waals surface area contributed by atoms with Gasteiger partial charge in [0.15, 0.2) is 0 Å². The number of fused-ring (bicyclic) bond motifs is 1. The van der Waals surface area contributed by atoms with E-state index in [0.29, 0.717) is 12.5 Å². The molecule has 0 aliphatic rings. The highest BCUT2D eigenvalue weighted by Crippen LogP contribution is 2.36. The molecule has 0 aliphatic carbocycles. The molecule has 0 aromatic carbocycles. The molecule has 120 valence electrons. The highest BCUT2D eigenvalue weighted by atomic mass is 32.1. The molecule has 0 amide bonds. The van der Waals surface area contributed by atoms with Crippen molar-refractivity contribution in [2.75, 3.05) is 19.0 Å². The van der Waals surface area contributed by atoms with Gasteiger partial charge in [0.25, 0.3) is 0 Å². The highest BCUT2D eigenvalue weighted by molar-refractivity contribution is 7.17. The van der Waals surface area contributed by atoms with Crippen molar-refractivity contribution in [3.63, 3.8) is 0 Å². The van der Waals surface area contributed by atoms with Crippen LogP contribution in [0.2, 0.25) is 0 Å². The van der Waals surface area contributed by atoms with Crippen molar-refractivity contribution in [3.8, 4) is 11.6 Å². The van der Waals surface area contributed by atoms with Crippen LogP contribution in [0.4, 0.5) is 5.82 Å². The highest BCUT2D eigenvalue weighted by Gasteiger charge is 2.15. The lowest BCUT2D eigenvalue weighted by atomic mass is 10.1. The van der Waals surface area contributed by atoms with Crippen molar-refractivity contribution < 1.29 is 9.47 Å². The predicted molar refractivity (Wildman–Crippen MR) is 91.4 cm³/mol. The Morgan fingerprint density at radius 2 is 2.13 bits per heavy atom. The molecule has 1 unspecified atom stereocenters. The third-order valence-electron chi connectivity index (χ3n) is 3.46. The first-order valence-electron chi connectivity index (χ1n) is 7.34. The Morgan fingerprint density at radius 3 is 2.83 bits per heavy atom. The molecule has 0 bridgehead atoms. The fraction of sp³-hybridized carbons (Fsp3) is 0.312. The topological polar surface area (TPSA) is 69.2 Å². The fourth-order valence-electron chi connectivity index (χ4n) is 2.28. The Balaban J connectivity index is 1.89. The minimum absolute atomic E-state index is 0.0425. The Kier molecular flexibility index (Phi) is 4.57. The molecular formula is C16H18N4O2S. The van der Waals surface area contributed by atoms with E-state index in [1.165, 1.54) is 0 Å². The summed E-state index contributed by atoms with van der Waals surface area (Å²) in [4.78, 5) is 13.8. The number of aromatic nitrogens is 3. The van der Waals surface area contributed by atoms with Crippen LogP contribution in [0.3, 0.4) is 0 Å². The maximum atomic E-state index is 5.68. The largest absolute Gasteiger partial charge is 0.492 e. The van der Waals surface area contributed by atoms with Crippen LogP contribution in [-0.2, 0) is 0 Å². The van der Waals surface area contributed by atoms with Gasteiger partial charge in [-0.05, 0) is 19.4 Å². The number of nitrogens with zero attached hydrogens (tertiary/aromatic N) is 3. The van der Waals surface area contributed by atoms with Crippen molar-refractivity contribution in [3.05, 3.63) is 35.6 Å². The maximum Gasteiger partial charge on any atom is 0.212 e. The zero-order chi connectivity index (χ0) is 16.2. The number of anilines is 1. The van der Waals surface area contributed by atoms with Gasteiger partial charge in [0.2, 0.25) is 5.88 Å². The number of ether oxygens (including phenoxy) is 2. The monoisotopic (exact) mass is 330 g/mol. The van der Waals surface area contributed by atoms with Gasteiger partial charge in [-0.1, -0.05) is 6.07 Å². The molecule has 0 saturated heterocycles. The summed E-state index contributed by atoms with van der Waals surface area (Å²) in [6.45, 7) is 4.63. The van der Waals surface area contributed by atoms with Crippen LogP contribution in [-0.4, -0.2) is 28.7 Å². The molecule has 0 fully saturated rings. The zero-order valence-corrected chi connectivity index (χ0v) is 14.1. The molecule has 6 nitrogen and oxygen atoms in total. The van der Waals surface area contributed by atoms with Gasteiger partial charge in [-0.15, -0.1) is 11.3 Å². The standard InChI is InChI=1S/C16H18N4O2S/c1-4-22-12-8-23-16-14(12)15(18-9-19-16)20-10(2)11-5-6-13(21-3)17-7-11/h5-10H,4H2,1-3H3,(H,18,19,20). The molecule has 3 aromatic rings. The molecule has 0 radical (unpaired) electrons. The molecule has 1 N–H and O–H groups in total. The van der Waals surface area contributed by atoms with Crippen molar-refractivity contribution in [1.29, 1.82) is 0 Å². The van der Waals surface area contributed by atoms with Crippen LogP contribution in [0.25, 0.3) is 10.2 Å². The first kappa shape index (κ1) is 15.5. The van der Waals surface area contributed by atoms with Crippen LogP contribution in [0, 0.1) is 0 Å². The van der Waals surface area contributed by atoms with Gasteiger partial charge in [-0.3, -0.25) is 0 Å². The SMILES string of the molecule is CCOc1csc2ncnc(NC(C)c3ccc(OC)nc3)c12. The fourth-order valence-corrected chi connectivity index (χ4v) is 3.10. The van der Waals surface area contributed by atoms with Crippen molar-refractivity contribution in [1.82, 2.24) is 15.0 Å². The summed E-state index contributed by atoms with van der Waals surface area (Å²) in [5.41, 5.74) is 1.05. The van der Waals surface area contributed by atoms with Crippen LogP contribution in [0.5, 0.6) is 11.6 Å². The summed E-state index contributed by atoms with van der Waals surface area (Å²) in [5.74, 6) is 2.18. The summed E-state index contributed by atoms with van der Waals surface area (Å²) in [6, 6.07) is 3.87. The van der Waals surface area contributed by atoms with Crippen molar-refractivity contribution in [2.45, 2.75) is 19.9 Å². The van der Waals surface area contributed by atoms with Gasteiger partial charge >= 0.3 is 0 Å². The second-order valence-corrected chi connectivity index (χ2v) is 5.79. The molecule has 7 heteroatoms. The summed E-state index contributed by atoms with van der Waals surface area (Å²) in [5, 5.41) is 6.31. The minimum atomic E-state index is 0.0425. The predicted octanol–water partition coefficient (Wildman–Crippen LogP) is 3.67. The molecule has 0 spiro atoms. The molecule has 1 atom stereocenters. The van der Waals surface area contributed by atoms with Gasteiger partial charge in [0.1, 0.15) is 22.7 Å². The lowest BCUT2D eigenvalue weighted by Gasteiger charge is -2.16. The van der Waals surface area contributed by atoms with E-state index in [4.69, 9.17) is 9.47 Å². The summed E-state index contributed by atoms with van der Waals surface area (Å²) in [6.07, 6.45) is 3.36.